The summed E-state index contributed by atoms with van der Waals surface area (Å²) in [6, 6.07) is 8.10. The number of hydrogen-bond acceptors (Lipinski definition) is 2. The van der Waals surface area contributed by atoms with Crippen LogP contribution < -0.4 is 5.32 Å². The number of hydrogen-bond donors (Lipinski definition) is 1. The fraction of sp³-hybridized carbons (Fsp3) is 0.308. The molecule has 0 bridgehead atoms. The molecule has 3 nitrogen and oxygen atoms in total. The number of furan rings is 1. The van der Waals surface area contributed by atoms with Gasteiger partial charge in [0, 0.05) is 11.4 Å². The Morgan fingerprint density at radius 3 is 2.94 bits per heavy atom. The van der Waals surface area contributed by atoms with Crippen molar-refractivity contribution in [1.82, 2.24) is 5.32 Å². The minimum Gasteiger partial charge on any atom is -0.451 e. The average molecular weight is 215 g/mol. The molecule has 0 saturated heterocycles. The van der Waals surface area contributed by atoms with Gasteiger partial charge in [0.2, 0.25) is 0 Å². The number of benzene rings is 1. The van der Waals surface area contributed by atoms with Gasteiger partial charge >= 0.3 is 0 Å². The first-order chi connectivity index (χ1) is 7.72. The largest absolute Gasteiger partial charge is 0.451 e. The molecule has 1 heterocycles. The Balaban J connectivity index is 1.94. The van der Waals surface area contributed by atoms with E-state index in [-0.39, 0.29) is 5.91 Å². The maximum absolute atomic E-state index is 11.7. The zero-order valence-electron chi connectivity index (χ0n) is 9.12. The van der Waals surface area contributed by atoms with Gasteiger partial charge < -0.3 is 9.73 Å². The predicted molar refractivity (Wildman–Crippen MR) is 61.4 cm³/mol. The fourth-order valence-electron chi connectivity index (χ4n) is 1.73. The summed E-state index contributed by atoms with van der Waals surface area (Å²) in [5.41, 5.74) is 1.91. The molecule has 0 aliphatic heterocycles. The van der Waals surface area contributed by atoms with Crippen molar-refractivity contribution in [1.29, 1.82) is 0 Å². The molecule has 82 valence electrons. The first-order valence-corrected chi connectivity index (χ1v) is 5.53. The molecule has 1 aliphatic rings. The van der Waals surface area contributed by atoms with E-state index >= 15 is 0 Å². The van der Waals surface area contributed by atoms with E-state index < -0.39 is 0 Å². The topological polar surface area (TPSA) is 42.2 Å². The van der Waals surface area contributed by atoms with Gasteiger partial charge in [-0.1, -0.05) is 12.1 Å². The summed E-state index contributed by atoms with van der Waals surface area (Å²) in [5, 5.41) is 3.89. The van der Waals surface area contributed by atoms with Crippen molar-refractivity contribution < 1.29 is 9.21 Å². The number of fused-ring (bicyclic) bond motifs is 1. The predicted octanol–water partition coefficient (Wildman–Crippen LogP) is 2.63. The number of carbonyl (C=O) groups excluding carboxylic acids is 1. The molecule has 1 aromatic carbocycles. The summed E-state index contributed by atoms with van der Waals surface area (Å²) >= 11 is 0. The zero-order chi connectivity index (χ0) is 11.1. The highest BCUT2D eigenvalue weighted by molar-refractivity contribution is 5.96. The van der Waals surface area contributed by atoms with Crippen LogP contribution in [0.15, 0.2) is 28.7 Å². The Kier molecular flexibility index (Phi) is 1.99. The maximum Gasteiger partial charge on any atom is 0.287 e. The number of amides is 1. The van der Waals surface area contributed by atoms with Crippen molar-refractivity contribution in [2.45, 2.75) is 25.8 Å². The van der Waals surface area contributed by atoms with Crippen LogP contribution in [-0.2, 0) is 0 Å². The normalized spacial score (nSPS) is 15.3. The number of rotatable bonds is 2. The van der Waals surface area contributed by atoms with Crippen molar-refractivity contribution in [3.8, 4) is 0 Å². The first kappa shape index (κ1) is 9.46. The molecule has 0 unspecified atom stereocenters. The Morgan fingerprint density at radius 2 is 2.19 bits per heavy atom. The summed E-state index contributed by atoms with van der Waals surface area (Å²) in [6.45, 7) is 2.01. The lowest BCUT2D eigenvalue weighted by Gasteiger charge is -1.97. The van der Waals surface area contributed by atoms with E-state index in [1.807, 2.05) is 25.1 Å². The second kappa shape index (κ2) is 3.37. The van der Waals surface area contributed by atoms with Gasteiger partial charge in [0.05, 0.1) is 0 Å². The van der Waals surface area contributed by atoms with E-state index in [0.717, 1.165) is 29.4 Å². The molecule has 0 radical (unpaired) electrons. The van der Waals surface area contributed by atoms with Crippen molar-refractivity contribution in [2.24, 2.45) is 0 Å². The lowest BCUT2D eigenvalue weighted by atomic mass is 10.2. The highest BCUT2D eigenvalue weighted by atomic mass is 16.3. The molecule has 1 amide bonds. The van der Waals surface area contributed by atoms with Crippen molar-refractivity contribution >= 4 is 16.9 Å². The van der Waals surface area contributed by atoms with Crippen LogP contribution in [0.3, 0.4) is 0 Å². The molecule has 16 heavy (non-hydrogen) atoms. The van der Waals surface area contributed by atoms with Gasteiger partial charge in [0.15, 0.2) is 5.76 Å². The molecule has 1 aromatic heterocycles. The van der Waals surface area contributed by atoms with Gasteiger partial charge in [0.25, 0.3) is 5.91 Å². The van der Waals surface area contributed by atoms with Gasteiger partial charge in [-0.05, 0) is 37.5 Å². The Bertz CT molecular complexity index is 552. The lowest BCUT2D eigenvalue weighted by Crippen LogP contribution is -2.24. The van der Waals surface area contributed by atoms with E-state index in [9.17, 15) is 4.79 Å². The number of carbonyl (C=O) groups is 1. The van der Waals surface area contributed by atoms with Crippen molar-refractivity contribution in [2.75, 3.05) is 0 Å². The second-order valence-electron chi connectivity index (χ2n) is 4.40. The monoisotopic (exact) mass is 215 g/mol. The maximum atomic E-state index is 11.7. The van der Waals surface area contributed by atoms with E-state index in [1.165, 1.54) is 0 Å². The van der Waals surface area contributed by atoms with E-state index in [4.69, 9.17) is 4.42 Å². The van der Waals surface area contributed by atoms with Crippen molar-refractivity contribution in [3.63, 3.8) is 0 Å². The third-order valence-corrected chi connectivity index (χ3v) is 2.81. The van der Waals surface area contributed by atoms with Gasteiger partial charge in [-0.2, -0.15) is 0 Å². The number of aryl methyl sites for hydroxylation is 1. The van der Waals surface area contributed by atoms with Gasteiger partial charge in [-0.15, -0.1) is 0 Å². The van der Waals surface area contributed by atoms with Crippen LogP contribution in [0.25, 0.3) is 11.0 Å². The van der Waals surface area contributed by atoms with Gasteiger partial charge in [-0.25, -0.2) is 0 Å². The lowest BCUT2D eigenvalue weighted by molar-refractivity contribution is 0.0925. The summed E-state index contributed by atoms with van der Waals surface area (Å²) in [6.07, 6.45) is 2.18. The highest BCUT2D eigenvalue weighted by Crippen LogP contribution is 2.23. The van der Waals surface area contributed by atoms with Crippen LogP contribution in [0.2, 0.25) is 0 Å². The summed E-state index contributed by atoms with van der Waals surface area (Å²) < 4.78 is 5.53. The molecule has 1 saturated carbocycles. The molecule has 1 aliphatic carbocycles. The summed E-state index contributed by atoms with van der Waals surface area (Å²) in [7, 11) is 0. The standard InChI is InChI=1S/C13H13NO2/c1-8-2-3-9-7-12(16-11(9)6-8)13(15)14-10-4-5-10/h2-3,6-7,10H,4-5H2,1H3,(H,14,15). The Labute approximate surface area is 93.4 Å². The van der Waals surface area contributed by atoms with Crippen LogP contribution in [0.5, 0.6) is 0 Å². The smallest absolute Gasteiger partial charge is 0.287 e. The molecule has 1 fully saturated rings. The Morgan fingerprint density at radius 1 is 1.38 bits per heavy atom. The first-order valence-electron chi connectivity index (χ1n) is 5.53. The highest BCUT2D eigenvalue weighted by Gasteiger charge is 2.25. The van der Waals surface area contributed by atoms with E-state index in [2.05, 4.69) is 5.32 Å². The molecule has 1 N–H and O–H groups in total. The van der Waals surface area contributed by atoms with E-state index in [0.29, 0.717) is 11.8 Å². The minimum absolute atomic E-state index is 0.101. The third kappa shape index (κ3) is 1.69. The third-order valence-electron chi connectivity index (χ3n) is 2.81. The van der Waals surface area contributed by atoms with Crippen LogP contribution in [0.4, 0.5) is 0 Å². The van der Waals surface area contributed by atoms with Crippen LogP contribution in [0, 0.1) is 6.92 Å². The van der Waals surface area contributed by atoms with Crippen molar-refractivity contribution in [3.05, 3.63) is 35.6 Å². The molecular weight excluding hydrogens is 202 g/mol. The number of nitrogens with one attached hydrogen (secondary N) is 1. The van der Waals surface area contributed by atoms with Gasteiger partial charge in [-0.3, -0.25) is 4.79 Å². The zero-order valence-corrected chi connectivity index (χ0v) is 9.12. The summed E-state index contributed by atoms with van der Waals surface area (Å²) in [5.74, 6) is 0.309. The van der Waals surface area contributed by atoms with Crippen LogP contribution >= 0.6 is 0 Å². The molecule has 3 rings (SSSR count). The summed E-state index contributed by atoms with van der Waals surface area (Å²) in [4.78, 5) is 11.7. The van der Waals surface area contributed by atoms with Gasteiger partial charge in [0.1, 0.15) is 5.58 Å². The quantitative estimate of drug-likeness (QED) is 0.836. The molecule has 0 spiro atoms. The average Bonchev–Trinajstić information content (AvgIpc) is 2.95. The minimum atomic E-state index is -0.101. The molecule has 3 heteroatoms. The fourth-order valence-corrected chi connectivity index (χ4v) is 1.73. The Hall–Kier alpha value is -1.77. The second-order valence-corrected chi connectivity index (χ2v) is 4.40. The molecule has 0 atom stereocenters. The van der Waals surface area contributed by atoms with E-state index in [1.54, 1.807) is 6.07 Å². The van der Waals surface area contributed by atoms with Crippen LogP contribution in [0.1, 0.15) is 29.0 Å². The van der Waals surface area contributed by atoms with Crippen LogP contribution in [-0.4, -0.2) is 11.9 Å². The SMILES string of the molecule is Cc1ccc2cc(C(=O)NC3CC3)oc2c1. The molecular formula is C13H13NO2. The molecule has 2 aromatic rings.